The standard InChI is InChI=1S/C15H17ClN4O/c1-2-20(10-12-5-3-4-8-18-12)14-9-11(16)6-7-13(14)15(17)19-21/h3-9,21H,2,10H2,1H3,(H2,17,19). The topological polar surface area (TPSA) is 74.7 Å². The minimum absolute atomic E-state index is 0.0566. The summed E-state index contributed by atoms with van der Waals surface area (Å²) in [4.78, 5) is 6.39. The highest BCUT2D eigenvalue weighted by Crippen LogP contribution is 2.26. The van der Waals surface area contributed by atoms with Crippen LogP contribution < -0.4 is 10.6 Å². The zero-order chi connectivity index (χ0) is 15.2. The molecule has 21 heavy (non-hydrogen) atoms. The number of hydrogen-bond donors (Lipinski definition) is 2. The molecule has 0 atom stereocenters. The number of oxime groups is 1. The number of hydrogen-bond acceptors (Lipinski definition) is 4. The first kappa shape index (κ1) is 15.1. The molecule has 5 nitrogen and oxygen atoms in total. The summed E-state index contributed by atoms with van der Waals surface area (Å²) in [5, 5.41) is 12.6. The lowest BCUT2D eigenvalue weighted by Crippen LogP contribution is -2.26. The highest BCUT2D eigenvalue weighted by molar-refractivity contribution is 6.31. The van der Waals surface area contributed by atoms with E-state index < -0.39 is 0 Å². The first-order valence-electron chi connectivity index (χ1n) is 6.58. The van der Waals surface area contributed by atoms with Crippen molar-refractivity contribution in [1.82, 2.24) is 4.98 Å². The number of aromatic nitrogens is 1. The van der Waals surface area contributed by atoms with Crippen LogP contribution in [0.1, 0.15) is 18.2 Å². The Bertz CT molecular complexity index is 631. The Morgan fingerprint density at radius 2 is 2.19 bits per heavy atom. The van der Waals surface area contributed by atoms with E-state index in [4.69, 9.17) is 22.5 Å². The van der Waals surface area contributed by atoms with E-state index in [1.54, 1.807) is 24.4 Å². The van der Waals surface area contributed by atoms with Crippen LogP contribution in [0.4, 0.5) is 5.69 Å². The molecule has 6 heteroatoms. The van der Waals surface area contributed by atoms with E-state index in [2.05, 4.69) is 15.0 Å². The Hall–Kier alpha value is -2.27. The van der Waals surface area contributed by atoms with Crippen molar-refractivity contribution in [3.63, 3.8) is 0 Å². The molecule has 1 aromatic carbocycles. The Morgan fingerprint density at radius 1 is 1.38 bits per heavy atom. The third-order valence-corrected chi connectivity index (χ3v) is 3.38. The summed E-state index contributed by atoms with van der Waals surface area (Å²) < 4.78 is 0. The molecule has 0 saturated carbocycles. The Balaban J connectivity index is 2.39. The van der Waals surface area contributed by atoms with Crippen LogP contribution in [0.15, 0.2) is 47.8 Å². The van der Waals surface area contributed by atoms with Crippen LogP contribution in [0.2, 0.25) is 5.02 Å². The molecule has 0 radical (unpaired) electrons. The average molecular weight is 305 g/mol. The molecular weight excluding hydrogens is 288 g/mol. The number of amidine groups is 1. The second-order valence-electron chi connectivity index (χ2n) is 4.48. The van der Waals surface area contributed by atoms with Crippen LogP contribution in [0.5, 0.6) is 0 Å². The van der Waals surface area contributed by atoms with Crippen molar-refractivity contribution in [2.75, 3.05) is 11.4 Å². The summed E-state index contributed by atoms with van der Waals surface area (Å²) in [5.41, 5.74) is 8.13. The second kappa shape index (κ2) is 6.95. The first-order valence-corrected chi connectivity index (χ1v) is 6.95. The lowest BCUT2D eigenvalue weighted by atomic mass is 10.1. The van der Waals surface area contributed by atoms with Crippen molar-refractivity contribution < 1.29 is 5.21 Å². The fourth-order valence-corrected chi connectivity index (χ4v) is 2.26. The first-order chi connectivity index (χ1) is 10.2. The molecule has 0 unspecified atom stereocenters. The number of benzene rings is 1. The summed E-state index contributed by atoms with van der Waals surface area (Å²) in [6, 6.07) is 11.0. The van der Waals surface area contributed by atoms with Gasteiger partial charge in [0.05, 0.1) is 12.2 Å². The van der Waals surface area contributed by atoms with E-state index >= 15 is 0 Å². The minimum Gasteiger partial charge on any atom is -0.409 e. The van der Waals surface area contributed by atoms with Gasteiger partial charge in [0.15, 0.2) is 5.84 Å². The number of halogens is 1. The largest absolute Gasteiger partial charge is 0.409 e. The minimum atomic E-state index is 0.0566. The van der Waals surface area contributed by atoms with E-state index in [9.17, 15) is 0 Å². The summed E-state index contributed by atoms with van der Waals surface area (Å²) >= 11 is 6.08. The Labute approximate surface area is 128 Å². The van der Waals surface area contributed by atoms with Gasteiger partial charge in [0.1, 0.15) is 0 Å². The van der Waals surface area contributed by atoms with Crippen LogP contribution in [0.3, 0.4) is 0 Å². The molecule has 2 aromatic rings. The highest BCUT2D eigenvalue weighted by Gasteiger charge is 2.14. The normalized spacial score (nSPS) is 11.4. The Kier molecular flexibility index (Phi) is 5.00. The van der Waals surface area contributed by atoms with Gasteiger partial charge in [-0.25, -0.2) is 0 Å². The maximum absolute atomic E-state index is 8.93. The zero-order valence-corrected chi connectivity index (χ0v) is 12.5. The average Bonchev–Trinajstić information content (AvgIpc) is 2.52. The molecule has 0 spiro atoms. The quantitative estimate of drug-likeness (QED) is 0.385. The molecule has 110 valence electrons. The molecule has 1 heterocycles. The van der Waals surface area contributed by atoms with Gasteiger partial charge < -0.3 is 15.8 Å². The SMILES string of the molecule is CCN(Cc1ccccn1)c1cc(Cl)ccc1/C(N)=N/O. The van der Waals surface area contributed by atoms with Crippen molar-refractivity contribution in [2.24, 2.45) is 10.9 Å². The van der Waals surface area contributed by atoms with Gasteiger partial charge in [0, 0.05) is 29.0 Å². The van der Waals surface area contributed by atoms with Gasteiger partial charge in [-0.15, -0.1) is 0 Å². The molecule has 3 N–H and O–H groups in total. The van der Waals surface area contributed by atoms with E-state index in [-0.39, 0.29) is 5.84 Å². The third kappa shape index (κ3) is 3.64. The molecule has 0 saturated heterocycles. The van der Waals surface area contributed by atoms with Crippen LogP contribution in [-0.2, 0) is 6.54 Å². The Morgan fingerprint density at radius 3 is 2.81 bits per heavy atom. The van der Waals surface area contributed by atoms with Gasteiger partial charge in [-0.1, -0.05) is 22.8 Å². The number of nitrogens with zero attached hydrogens (tertiary/aromatic N) is 3. The zero-order valence-electron chi connectivity index (χ0n) is 11.7. The van der Waals surface area contributed by atoms with Crippen molar-refractivity contribution in [3.8, 4) is 0 Å². The molecule has 1 aromatic heterocycles. The van der Waals surface area contributed by atoms with Crippen molar-refractivity contribution in [2.45, 2.75) is 13.5 Å². The van der Waals surface area contributed by atoms with Crippen molar-refractivity contribution in [1.29, 1.82) is 0 Å². The number of rotatable bonds is 5. The molecule has 0 aliphatic rings. The van der Waals surface area contributed by atoms with Gasteiger partial charge in [0.25, 0.3) is 0 Å². The molecule has 0 fully saturated rings. The van der Waals surface area contributed by atoms with Gasteiger partial charge in [0.2, 0.25) is 0 Å². The fraction of sp³-hybridized carbons (Fsp3) is 0.200. The van der Waals surface area contributed by atoms with Gasteiger partial charge in [-0.3, -0.25) is 4.98 Å². The predicted molar refractivity (Wildman–Crippen MR) is 84.9 cm³/mol. The fourth-order valence-electron chi connectivity index (χ4n) is 2.09. The summed E-state index contributed by atoms with van der Waals surface area (Å²) in [6.45, 7) is 3.38. The van der Waals surface area contributed by atoms with Crippen LogP contribution in [0, 0.1) is 0 Å². The summed E-state index contributed by atoms with van der Waals surface area (Å²) in [5.74, 6) is 0.0566. The summed E-state index contributed by atoms with van der Waals surface area (Å²) in [7, 11) is 0. The molecule has 0 aliphatic heterocycles. The molecular formula is C15H17ClN4O. The molecule has 2 rings (SSSR count). The van der Waals surface area contributed by atoms with Crippen LogP contribution in [0.25, 0.3) is 0 Å². The second-order valence-corrected chi connectivity index (χ2v) is 4.92. The molecule has 0 aliphatic carbocycles. The maximum atomic E-state index is 8.93. The van der Waals surface area contributed by atoms with E-state index in [1.807, 2.05) is 25.1 Å². The maximum Gasteiger partial charge on any atom is 0.172 e. The van der Waals surface area contributed by atoms with Crippen LogP contribution in [-0.4, -0.2) is 22.6 Å². The smallest absolute Gasteiger partial charge is 0.172 e. The van der Waals surface area contributed by atoms with Gasteiger partial charge in [-0.05, 0) is 37.3 Å². The van der Waals surface area contributed by atoms with Gasteiger partial charge in [-0.2, -0.15) is 0 Å². The monoisotopic (exact) mass is 304 g/mol. The lowest BCUT2D eigenvalue weighted by Gasteiger charge is -2.25. The van der Waals surface area contributed by atoms with Crippen molar-refractivity contribution in [3.05, 3.63) is 58.9 Å². The third-order valence-electron chi connectivity index (χ3n) is 3.14. The summed E-state index contributed by atoms with van der Waals surface area (Å²) in [6.07, 6.45) is 1.76. The lowest BCUT2D eigenvalue weighted by molar-refractivity contribution is 0.318. The van der Waals surface area contributed by atoms with Gasteiger partial charge >= 0.3 is 0 Å². The molecule has 0 amide bonds. The van der Waals surface area contributed by atoms with E-state index in [0.717, 1.165) is 17.9 Å². The predicted octanol–water partition coefficient (Wildman–Crippen LogP) is 2.86. The van der Waals surface area contributed by atoms with E-state index in [1.165, 1.54) is 0 Å². The number of anilines is 1. The molecule has 0 bridgehead atoms. The van der Waals surface area contributed by atoms with Crippen molar-refractivity contribution >= 4 is 23.1 Å². The number of nitrogens with two attached hydrogens (primary N) is 1. The van der Waals surface area contributed by atoms with Crippen LogP contribution >= 0.6 is 11.6 Å². The van der Waals surface area contributed by atoms with E-state index in [0.29, 0.717) is 17.1 Å². The highest BCUT2D eigenvalue weighted by atomic mass is 35.5. The number of pyridine rings is 1.